The predicted octanol–water partition coefficient (Wildman–Crippen LogP) is 3.88. The van der Waals surface area contributed by atoms with Gasteiger partial charge in [0.25, 0.3) is 0 Å². The molecule has 0 unspecified atom stereocenters. The number of sulfone groups is 1. The summed E-state index contributed by atoms with van der Waals surface area (Å²) in [4.78, 5) is 12.7. The number of aliphatic hydroxyl groups is 1. The lowest BCUT2D eigenvalue weighted by Crippen LogP contribution is -2.51. The lowest BCUT2D eigenvalue weighted by molar-refractivity contribution is 0.125. The molecule has 0 bridgehead atoms. The zero-order chi connectivity index (χ0) is 27.3. The van der Waals surface area contributed by atoms with Crippen molar-refractivity contribution in [2.45, 2.75) is 43.7 Å². The van der Waals surface area contributed by atoms with Crippen LogP contribution in [0.3, 0.4) is 0 Å². The second kappa shape index (κ2) is 12.0. The van der Waals surface area contributed by atoms with Crippen LogP contribution in [0.4, 0.5) is 19.3 Å². The van der Waals surface area contributed by atoms with E-state index < -0.39 is 45.7 Å². The summed E-state index contributed by atoms with van der Waals surface area (Å²) in [6.45, 7) is 1.95. The van der Waals surface area contributed by atoms with Crippen molar-refractivity contribution in [2.24, 2.45) is 0 Å². The number of benzene rings is 3. The van der Waals surface area contributed by atoms with Gasteiger partial charge in [-0.3, -0.25) is 0 Å². The van der Waals surface area contributed by atoms with E-state index in [-0.39, 0.29) is 30.0 Å². The van der Waals surface area contributed by atoms with Crippen LogP contribution in [-0.4, -0.2) is 44.0 Å². The number of fused-ring (bicyclic) bond motifs is 1. The Balaban J connectivity index is 1.51. The van der Waals surface area contributed by atoms with Crippen LogP contribution in [0.25, 0.3) is 0 Å². The van der Waals surface area contributed by atoms with E-state index in [4.69, 9.17) is 0 Å². The van der Waals surface area contributed by atoms with Crippen LogP contribution in [0.15, 0.2) is 66.7 Å². The number of carbonyl (C=O) groups excluding carboxylic acids is 1. The maximum Gasteiger partial charge on any atom is 0.319 e. The molecule has 4 N–H and O–H groups in total. The second-order valence-corrected chi connectivity index (χ2v) is 11.6. The molecule has 0 saturated carbocycles. The molecule has 1 aliphatic rings. The van der Waals surface area contributed by atoms with E-state index in [2.05, 4.69) is 16.0 Å². The normalized spacial score (nSPS) is 17.7. The van der Waals surface area contributed by atoms with Gasteiger partial charge in [0, 0.05) is 24.3 Å². The van der Waals surface area contributed by atoms with Gasteiger partial charge in [-0.1, -0.05) is 43.3 Å². The average Bonchev–Trinajstić information content (AvgIpc) is 2.86. The summed E-state index contributed by atoms with van der Waals surface area (Å²) < 4.78 is 52.7. The van der Waals surface area contributed by atoms with Crippen molar-refractivity contribution < 1.29 is 27.1 Å². The minimum atomic E-state index is -3.35. The van der Waals surface area contributed by atoms with Crippen molar-refractivity contribution in [2.75, 3.05) is 17.6 Å². The molecule has 10 heteroatoms. The summed E-state index contributed by atoms with van der Waals surface area (Å²) >= 11 is 0. The molecule has 3 aromatic rings. The molecule has 7 nitrogen and oxygen atoms in total. The van der Waals surface area contributed by atoms with Gasteiger partial charge in [-0.05, 0) is 59.4 Å². The quantitative estimate of drug-likeness (QED) is 0.328. The first-order valence-electron chi connectivity index (χ1n) is 12.4. The topological polar surface area (TPSA) is 108 Å². The highest BCUT2D eigenvalue weighted by Gasteiger charge is 2.31. The molecule has 0 spiro atoms. The number of hydrogen-bond donors (Lipinski definition) is 4. The van der Waals surface area contributed by atoms with Gasteiger partial charge in [-0.25, -0.2) is 22.0 Å². The number of anilines is 1. The van der Waals surface area contributed by atoms with Gasteiger partial charge in [0.2, 0.25) is 0 Å². The van der Waals surface area contributed by atoms with Crippen LogP contribution >= 0.6 is 0 Å². The number of hydrogen-bond acceptors (Lipinski definition) is 5. The molecular weight excluding hydrogens is 512 g/mol. The summed E-state index contributed by atoms with van der Waals surface area (Å²) in [5.41, 5.74) is 3.44. The van der Waals surface area contributed by atoms with Gasteiger partial charge in [0.05, 0.1) is 23.7 Å². The third kappa shape index (κ3) is 7.37. The fourth-order valence-electron chi connectivity index (χ4n) is 4.66. The number of urea groups is 1. The van der Waals surface area contributed by atoms with Crippen molar-refractivity contribution >= 4 is 21.6 Å². The van der Waals surface area contributed by atoms with Crippen LogP contribution in [0.5, 0.6) is 0 Å². The van der Waals surface area contributed by atoms with E-state index in [0.717, 1.165) is 35.7 Å². The third-order valence-corrected chi connectivity index (χ3v) is 8.15. The zero-order valence-electron chi connectivity index (χ0n) is 21.0. The average molecular weight is 544 g/mol. The summed E-state index contributed by atoms with van der Waals surface area (Å²) in [5.74, 6) is -1.70. The molecule has 38 heavy (non-hydrogen) atoms. The summed E-state index contributed by atoms with van der Waals surface area (Å²) in [5, 5.41) is 19.6. The minimum absolute atomic E-state index is 0.0396. The van der Waals surface area contributed by atoms with Crippen molar-refractivity contribution in [3.63, 3.8) is 0 Å². The highest BCUT2D eigenvalue weighted by atomic mass is 32.2. The summed E-state index contributed by atoms with van der Waals surface area (Å²) in [7, 11) is -3.35. The zero-order valence-corrected chi connectivity index (χ0v) is 21.8. The minimum Gasteiger partial charge on any atom is -0.390 e. The van der Waals surface area contributed by atoms with Crippen molar-refractivity contribution in [3.8, 4) is 0 Å². The first-order chi connectivity index (χ1) is 18.1. The second-order valence-electron chi connectivity index (χ2n) is 9.52. The molecule has 0 saturated heterocycles. The Kier molecular flexibility index (Phi) is 8.76. The Morgan fingerprint density at radius 1 is 1.03 bits per heavy atom. The molecule has 3 aromatic carbocycles. The fourth-order valence-corrected chi connectivity index (χ4v) is 6.32. The summed E-state index contributed by atoms with van der Waals surface area (Å²) in [6, 6.07) is 15.4. The van der Waals surface area contributed by atoms with E-state index in [1.54, 1.807) is 30.3 Å². The molecule has 0 aliphatic carbocycles. The number of rotatable bonds is 9. The standard InChI is InChI=1S/C28H31F2N3O4S/c1-2-18-8-9-20-16-38(36,37)17-26(24(20)12-18)31-15-27(34)25(13-19-10-21(29)14-22(30)11-19)33-28(35)32-23-6-4-3-5-7-23/h3-12,14,25-27,31,34H,2,13,15-17H2,1H3,(H2,32,33,35)/t25-,26-,27+/m0/s1. The molecule has 0 fully saturated rings. The maximum atomic E-state index is 13.8. The molecule has 0 aromatic heterocycles. The largest absolute Gasteiger partial charge is 0.390 e. The Bertz CT molecular complexity index is 1370. The number of nitrogens with one attached hydrogen (secondary N) is 3. The number of aryl methyl sites for hydroxylation is 1. The smallest absolute Gasteiger partial charge is 0.319 e. The van der Waals surface area contributed by atoms with Crippen molar-refractivity contribution in [1.29, 1.82) is 0 Å². The van der Waals surface area contributed by atoms with E-state index in [1.807, 2.05) is 25.1 Å². The molecule has 1 aliphatic heterocycles. The Morgan fingerprint density at radius 3 is 2.42 bits per heavy atom. The van der Waals surface area contributed by atoms with E-state index >= 15 is 0 Å². The lowest BCUT2D eigenvalue weighted by atomic mass is 9.97. The summed E-state index contributed by atoms with van der Waals surface area (Å²) in [6.07, 6.45) is -0.466. The Morgan fingerprint density at radius 2 is 1.74 bits per heavy atom. The van der Waals surface area contributed by atoms with Crippen LogP contribution in [-0.2, 0) is 28.4 Å². The van der Waals surface area contributed by atoms with Gasteiger partial charge >= 0.3 is 6.03 Å². The number of carbonyl (C=O) groups is 1. The number of aliphatic hydroxyl groups excluding tert-OH is 1. The molecule has 4 rings (SSSR count). The molecule has 2 amide bonds. The van der Waals surface area contributed by atoms with Gasteiger partial charge in [0.1, 0.15) is 11.6 Å². The van der Waals surface area contributed by atoms with Gasteiger partial charge in [-0.2, -0.15) is 0 Å². The lowest BCUT2D eigenvalue weighted by Gasteiger charge is -2.30. The van der Waals surface area contributed by atoms with E-state index in [0.29, 0.717) is 11.3 Å². The number of para-hydroxylation sites is 1. The molecule has 202 valence electrons. The van der Waals surface area contributed by atoms with Gasteiger partial charge < -0.3 is 21.1 Å². The Labute approximate surface area is 221 Å². The molecule has 0 radical (unpaired) electrons. The van der Waals surface area contributed by atoms with Crippen LogP contribution in [0, 0.1) is 11.6 Å². The third-order valence-electron chi connectivity index (χ3n) is 6.55. The number of amides is 2. The van der Waals surface area contributed by atoms with E-state index in [9.17, 15) is 27.1 Å². The monoisotopic (exact) mass is 543 g/mol. The van der Waals surface area contributed by atoms with Crippen molar-refractivity contribution in [3.05, 3.63) is 101 Å². The highest BCUT2D eigenvalue weighted by Crippen LogP contribution is 2.29. The van der Waals surface area contributed by atoms with E-state index in [1.165, 1.54) is 0 Å². The molecular formula is C28H31F2N3O4S. The van der Waals surface area contributed by atoms with Gasteiger partial charge in [0.15, 0.2) is 9.84 Å². The van der Waals surface area contributed by atoms with Crippen LogP contribution < -0.4 is 16.0 Å². The molecule has 3 atom stereocenters. The van der Waals surface area contributed by atoms with Crippen LogP contribution in [0.2, 0.25) is 0 Å². The fraction of sp³-hybridized carbons (Fsp3) is 0.321. The first kappa shape index (κ1) is 27.7. The van der Waals surface area contributed by atoms with Gasteiger partial charge in [-0.15, -0.1) is 0 Å². The highest BCUT2D eigenvalue weighted by molar-refractivity contribution is 7.90. The van der Waals surface area contributed by atoms with Crippen molar-refractivity contribution in [1.82, 2.24) is 10.6 Å². The Hall–Kier alpha value is -3.34. The first-order valence-corrected chi connectivity index (χ1v) is 14.2. The van der Waals surface area contributed by atoms with Crippen LogP contribution in [0.1, 0.15) is 35.2 Å². The predicted molar refractivity (Wildman–Crippen MR) is 143 cm³/mol. The SMILES string of the molecule is CCc1ccc2c(c1)[C@@H](NC[C@@H](O)[C@H](Cc1cc(F)cc(F)c1)NC(=O)Nc1ccccc1)CS(=O)(=O)C2. The number of halogens is 2. The molecule has 1 heterocycles. The maximum absolute atomic E-state index is 13.8.